The fourth-order valence-corrected chi connectivity index (χ4v) is 2.09. The van der Waals surface area contributed by atoms with Gasteiger partial charge in [0.05, 0.1) is 10.7 Å². The zero-order valence-corrected chi connectivity index (χ0v) is 12.8. The summed E-state index contributed by atoms with van der Waals surface area (Å²) in [6.45, 7) is 2.40. The van der Waals surface area contributed by atoms with E-state index in [-0.39, 0.29) is 29.8 Å². The van der Waals surface area contributed by atoms with Crippen molar-refractivity contribution >= 4 is 27.5 Å². The first-order valence-electron chi connectivity index (χ1n) is 6.17. The molecule has 0 bridgehead atoms. The standard InChI is InChI=1S/C10H18N6O4S/c1-4-11-10-13-7-8(16(17)18)9(14-10)12-5-6-21(19,20)15(2)3/h7H,4-6H2,1-3H3,(H2,11,12,13,14). The molecule has 2 N–H and O–H groups in total. The van der Waals surface area contributed by atoms with Crippen molar-refractivity contribution < 1.29 is 13.3 Å². The maximum atomic E-state index is 11.6. The summed E-state index contributed by atoms with van der Waals surface area (Å²) in [6.07, 6.45) is 1.08. The van der Waals surface area contributed by atoms with Crippen molar-refractivity contribution in [2.24, 2.45) is 0 Å². The highest BCUT2D eigenvalue weighted by atomic mass is 32.2. The molecule has 21 heavy (non-hydrogen) atoms. The molecule has 11 heteroatoms. The Kier molecular flexibility index (Phi) is 5.79. The quantitative estimate of drug-likeness (QED) is 0.510. The van der Waals surface area contributed by atoms with Crippen LogP contribution in [0, 0.1) is 10.1 Å². The average Bonchev–Trinajstić information content (AvgIpc) is 2.38. The molecule has 0 aliphatic rings. The lowest BCUT2D eigenvalue weighted by Crippen LogP contribution is -2.28. The fraction of sp³-hybridized carbons (Fsp3) is 0.600. The van der Waals surface area contributed by atoms with Gasteiger partial charge in [-0.15, -0.1) is 0 Å². The first kappa shape index (κ1) is 17.0. The summed E-state index contributed by atoms with van der Waals surface area (Å²) in [5.74, 6) is 0.0264. The van der Waals surface area contributed by atoms with Crippen LogP contribution in [0.4, 0.5) is 17.5 Å². The largest absolute Gasteiger partial charge is 0.363 e. The topological polar surface area (TPSA) is 130 Å². The van der Waals surface area contributed by atoms with Crippen molar-refractivity contribution in [2.75, 3.05) is 43.6 Å². The van der Waals surface area contributed by atoms with E-state index in [1.165, 1.54) is 14.1 Å². The minimum Gasteiger partial charge on any atom is -0.363 e. The second kappa shape index (κ2) is 7.13. The molecule has 1 aromatic heterocycles. The number of nitro groups is 1. The second-order valence-electron chi connectivity index (χ2n) is 4.24. The molecule has 0 saturated carbocycles. The van der Waals surface area contributed by atoms with Gasteiger partial charge < -0.3 is 10.6 Å². The van der Waals surface area contributed by atoms with Gasteiger partial charge in [0.2, 0.25) is 21.8 Å². The Morgan fingerprint density at radius 3 is 2.57 bits per heavy atom. The van der Waals surface area contributed by atoms with Gasteiger partial charge in [-0.3, -0.25) is 10.1 Å². The summed E-state index contributed by atoms with van der Waals surface area (Å²) in [4.78, 5) is 18.0. The van der Waals surface area contributed by atoms with E-state index in [4.69, 9.17) is 0 Å². The molecule has 0 fully saturated rings. The van der Waals surface area contributed by atoms with Crippen LogP contribution in [0.1, 0.15) is 6.92 Å². The molecule has 0 amide bonds. The van der Waals surface area contributed by atoms with Gasteiger partial charge in [-0.25, -0.2) is 17.7 Å². The highest BCUT2D eigenvalue weighted by molar-refractivity contribution is 7.89. The first-order chi connectivity index (χ1) is 9.77. The number of sulfonamides is 1. The van der Waals surface area contributed by atoms with E-state index in [2.05, 4.69) is 20.6 Å². The number of rotatable bonds is 8. The van der Waals surface area contributed by atoms with Gasteiger partial charge in [-0.1, -0.05) is 0 Å². The minimum absolute atomic E-state index is 0.00390. The maximum absolute atomic E-state index is 11.6. The average molecular weight is 318 g/mol. The summed E-state index contributed by atoms with van der Waals surface area (Å²) in [7, 11) is -0.535. The van der Waals surface area contributed by atoms with Crippen molar-refractivity contribution in [1.29, 1.82) is 0 Å². The highest BCUT2D eigenvalue weighted by Gasteiger charge is 2.19. The summed E-state index contributed by atoms with van der Waals surface area (Å²) in [5.41, 5.74) is -0.307. The Labute approximate surface area is 122 Å². The van der Waals surface area contributed by atoms with Crippen LogP contribution in [0.3, 0.4) is 0 Å². The number of nitrogens with zero attached hydrogens (tertiary/aromatic N) is 4. The molecule has 0 unspecified atom stereocenters. The molecule has 0 atom stereocenters. The van der Waals surface area contributed by atoms with E-state index in [9.17, 15) is 18.5 Å². The zero-order chi connectivity index (χ0) is 16.0. The summed E-state index contributed by atoms with van der Waals surface area (Å²) in [5, 5.41) is 16.4. The predicted molar refractivity (Wildman–Crippen MR) is 78.8 cm³/mol. The van der Waals surface area contributed by atoms with Crippen molar-refractivity contribution in [3.05, 3.63) is 16.3 Å². The number of hydrogen-bond donors (Lipinski definition) is 2. The molecule has 1 heterocycles. The van der Waals surface area contributed by atoms with Crippen LogP contribution in [0.2, 0.25) is 0 Å². The van der Waals surface area contributed by atoms with Gasteiger partial charge in [-0.05, 0) is 6.92 Å². The number of aromatic nitrogens is 2. The molecule has 0 radical (unpaired) electrons. The third kappa shape index (κ3) is 4.79. The third-order valence-corrected chi connectivity index (χ3v) is 4.34. The molecular formula is C10H18N6O4S. The molecule has 1 rings (SSSR count). The number of anilines is 2. The van der Waals surface area contributed by atoms with E-state index >= 15 is 0 Å². The van der Waals surface area contributed by atoms with Crippen LogP contribution in [-0.2, 0) is 10.0 Å². The van der Waals surface area contributed by atoms with Crippen LogP contribution < -0.4 is 10.6 Å². The Hall–Kier alpha value is -2.01. The van der Waals surface area contributed by atoms with Crippen LogP contribution in [0.5, 0.6) is 0 Å². The van der Waals surface area contributed by atoms with Crippen LogP contribution in [-0.4, -0.2) is 60.6 Å². The van der Waals surface area contributed by atoms with Gasteiger partial charge in [0.1, 0.15) is 6.20 Å². The van der Waals surface area contributed by atoms with Crippen LogP contribution in [0.25, 0.3) is 0 Å². The van der Waals surface area contributed by atoms with Gasteiger partial charge in [-0.2, -0.15) is 4.98 Å². The number of nitrogens with one attached hydrogen (secondary N) is 2. The lowest BCUT2D eigenvalue weighted by atomic mass is 10.4. The lowest BCUT2D eigenvalue weighted by Gasteiger charge is -2.12. The molecule has 0 spiro atoms. The zero-order valence-electron chi connectivity index (χ0n) is 12.0. The molecular weight excluding hydrogens is 300 g/mol. The Bertz CT molecular complexity index is 604. The smallest absolute Gasteiger partial charge is 0.329 e. The highest BCUT2D eigenvalue weighted by Crippen LogP contribution is 2.21. The van der Waals surface area contributed by atoms with Crippen LogP contribution >= 0.6 is 0 Å². The second-order valence-corrected chi connectivity index (χ2v) is 6.54. The van der Waals surface area contributed by atoms with E-state index in [0.717, 1.165) is 10.5 Å². The molecule has 0 aliphatic heterocycles. The molecule has 10 nitrogen and oxygen atoms in total. The van der Waals surface area contributed by atoms with Gasteiger partial charge in [0, 0.05) is 27.2 Å². The minimum atomic E-state index is -3.38. The monoisotopic (exact) mass is 318 g/mol. The Morgan fingerprint density at radius 1 is 1.38 bits per heavy atom. The van der Waals surface area contributed by atoms with Gasteiger partial charge in [0.25, 0.3) is 0 Å². The Morgan fingerprint density at radius 2 is 2.05 bits per heavy atom. The van der Waals surface area contributed by atoms with Crippen molar-refractivity contribution in [3.8, 4) is 0 Å². The van der Waals surface area contributed by atoms with Gasteiger partial charge in [0.15, 0.2) is 0 Å². The summed E-state index contributed by atoms with van der Waals surface area (Å²) >= 11 is 0. The SMILES string of the molecule is CCNc1ncc([N+](=O)[O-])c(NCCS(=O)(=O)N(C)C)n1. The number of hydrogen-bond acceptors (Lipinski definition) is 8. The Balaban J connectivity index is 2.85. The van der Waals surface area contributed by atoms with E-state index in [1.54, 1.807) is 0 Å². The summed E-state index contributed by atoms with van der Waals surface area (Å²) in [6, 6.07) is 0. The predicted octanol–water partition coefficient (Wildman–Crippen LogP) is 0.120. The molecule has 118 valence electrons. The van der Waals surface area contributed by atoms with Crippen molar-refractivity contribution in [3.63, 3.8) is 0 Å². The van der Waals surface area contributed by atoms with E-state index < -0.39 is 14.9 Å². The van der Waals surface area contributed by atoms with Crippen molar-refractivity contribution in [2.45, 2.75) is 6.92 Å². The third-order valence-electron chi connectivity index (χ3n) is 2.51. The van der Waals surface area contributed by atoms with E-state index in [0.29, 0.717) is 6.54 Å². The summed E-state index contributed by atoms with van der Waals surface area (Å²) < 4.78 is 24.3. The molecule has 0 saturated heterocycles. The lowest BCUT2D eigenvalue weighted by molar-refractivity contribution is -0.384. The maximum Gasteiger partial charge on any atom is 0.329 e. The molecule has 1 aromatic rings. The normalized spacial score (nSPS) is 11.4. The fourth-order valence-electron chi connectivity index (χ4n) is 1.36. The molecule has 0 aliphatic carbocycles. The first-order valence-corrected chi connectivity index (χ1v) is 7.78. The van der Waals surface area contributed by atoms with E-state index in [1.807, 2.05) is 6.92 Å². The van der Waals surface area contributed by atoms with Crippen LogP contribution in [0.15, 0.2) is 6.20 Å². The van der Waals surface area contributed by atoms with Gasteiger partial charge >= 0.3 is 5.69 Å². The van der Waals surface area contributed by atoms with Crippen molar-refractivity contribution in [1.82, 2.24) is 14.3 Å². The molecule has 0 aromatic carbocycles.